The average Bonchev–Trinajstić information content (AvgIpc) is 2.15. The van der Waals surface area contributed by atoms with Gasteiger partial charge in [-0.3, -0.25) is 4.52 Å². The Hall–Kier alpha value is 0.370. The summed E-state index contributed by atoms with van der Waals surface area (Å²) in [5, 5.41) is 2.51. The molecule has 8 heteroatoms. The van der Waals surface area contributed by atoms with Crippen LogP contribution in [0, 0.1) is 0 Å². The van der Waals surface area contributed by atoms with E-state index in [1.165, 1.54) is 0 Å². The first kappa shape index (κ1) is 14.4. The molecule has 0 saturated carbocycles. The van der Waals surface area contributed by atoms with Crippen LogP contribution in [-0.2, 0) is 9.09 Å². The fraction of sp³-hybridized carbons (Fsp3) is 0.250. The Bertz CT molecular complexity index is 381. The van der Waals surface area contributed by atoms with Crippen LogP contribution >= 0.6 is 52.9 Å². The van der Waals surface area contributed by atoms with Gasteiger partial charge in [-0.15, -0.1) is 0 Å². The smallest absolute Gasteiger partial charge is 0.303 e. The molecule has 1 aromatic rings. The fourth-order valence-electron chi connectivity index (χ4n) is 0.855. The van der Waals surface area contributed by atoms with Gasteiger partial charge in [0.1, 0.15) is 6.61 Å². The Balaban J connectivity index is 2.56. The van der Waals surface area contributed by atoms with Crippen molar-refractivity contribution in [3.8, 4) is 0 Å². The van der Waals surface area contributed by atoms with Crippen LogP contribution in [0.15, 0.2) is 30.3 Å². The molecule has 0 amide bonds. The highest BCUT2D eigenvalue weighted by atomic mass is 35.7. The van der Waals surface area contributed by atoms with E-state index in [-0.39, 0.29) is 6.61 Å². The lowest BCUT2D eigenvalue weighted by molar-refractivity contribution is 0.335. The zero-order valence-electron chi connectivity index (χ0n) is 7.87. The van der Waals surface area contributed by atoms with Crippen molar-refractivity contribution in [2.75, 3.05) is 11.7 Å². The second kappa shape index (κ2) is 5.81. The number of nitrogens with one attached hydrogen (secondary N) is 1. The quantitative estimate of drug-likeness (QED) is 0.637. The maximum absolute atomic E-state index is 11.7. The topological polar surface area (TPSA) is 38.3 Å². The number of hydrogen-bond acceptors (Lipinski definition) is 2. The predicted octanol–water partition coefficient (Wildman–Crippen LogP) is 4.83. The minimum Gasteiger partial charge on any atom is -0.303 e. The van der Waals surface area contributed by atoms with Crippen molar-refractivity contribution in [1.29, 1.82) is 0 Å². The molecule has 0 heterocycles. The second-order valence-electron chi connectivity index (χ2n) is 2.85. The lowest BCUT2D eigenvalue weighted by atomic mass is 10.3. The summed E-state index contributed by atoms with van der Waals surface area (Å²) in [5.74, 6) is 0. The molecule has 0 spiro atoms. The molecule has 0 aliphatic carbocycles. The zero-order chi connectivity index (χ0) is 12.2. The Labute approximate surface area is 113 Å². The molecule has 1 aromatic carbocycles. The van der Waals surface area contributed by atoms with Gasteiger partial charge in [0, 0.05) is 5.69 Å². The monoisotopic (exact) mass is 321 g/mol. The highest BCUT2D eigenvalue weighted by molar-refractivity contribution is 7.86. The van der Waals surface area contributed by atoms with Crippen molar-refractivity contribution in [2.24, 2.45) is 0 Å². The van der Waals surface area contributed by atoms with Gasteiger partial charge in [0.15, 0.2) is 0 Å². The van der Waals surface area contributed by atoms with Crippen LogP contribution in [0.1, 0.15) is 0 Å². The van der Waals surface area contributed by atoms with Gasteiger partial charge in [-0.05, 0) is 23.4 Å². The van der Waals surface area contributed by atoms with Gasteiger partial charge in [-0.25, -0.2) is 4.57 Å². The van der Waals surface area contributed by atoms with Crippen LogP contribution in [0.3, 0.4) is 0 Å². The summed E-state index contributed by atoms with van der Waals surface area (Å²) >= 11 is 21.9. The van der Waals surface area contributed by atoms with E-state index < -0.39 is 10.7 Å². The van der Waals surface area contributed by atoms with Crippen molar-refractivity contribution in [2.45, 2.75) is 3.79 Å². The maximum atomic E-state index is 11.7. The Morgan fingerprint density at radius 1 is 1.25 bits per heavy atom. The van der Waals surface area contributed by atoms with E-state index in [0.29, 0.717) is 5.69 Å². The molecule has 1 atom stereocenters. The van der Waals surface area contributed by atoms with Gasteiger partial charge in [0.2, 0.25) is 3.79 Å². The van der Waals surface area contributed by atoms with Crippen molar-refractivity contribution in [1.82, 2.24) is 0 Å². The predicted molar refractivity (Wildman–Crippen MR) is 69.8 cm³/mol. The largest absolute Gasteiger partial charge is 0.385 e. The Morgan fingerprint density at radius 3 is 2.31 bits per heavy atom. The van der Waals surface area contributed by atoms with Crippen molar-refractivity contribution < 1.29 is 9.09 Å². The average molecular weight is 323 g/mol. The SMILES string of the molecule is O=P(Cl)(Nc1ccccc1)OCC(Cl)(Cl)Cl. The number of halogens is 4. The summed E-state index contributed by atoms with van der Waals surface area (Å²) in [6.45, 7) is -3.90. The first-order chi connectivity index (χ1) is 7.29. The molecule has 1 rings (SSSR count). The molecule has 0 aromatic heterocycles. The Kier molecular flexibility index (Phi) is 5.24. The number of benzene rings is 1. The number of para-hydroxylation sites is 1. The molecule has 0 fully saturated rings. The molecule has 0 aliphatic rings. The van der Waals surface area contributed by atoms with Gasteiger partial charge in [-0.1, -0.05) is 53.0 Å². The molecule has 1 unspecified atom stereocenters. The molecule has 1 N–H and O–H groups in total. The molecule has 0 radical (unpaired) electrons. The van der Waals surface area contributed by atoms with E-state index in [2.05, 4.69) is 5.09 Å². The maximum Gasteiger partial charge on any atom is 0.385 e. The minimum atomic E-state index is -3.54. The zero-order valence-corrected chi connectivity index (χ0v) is 11.8. The van der Waals surface area contributed by atoms with Crippen LogP contribution < -0.4 is 5.09 Å². The van der Waals surface area contributed by atoms with Crippen LogP contribution in [0.4, 0.5) is 5.69 Å². The van der Waals surface area contributed by atoms with Crippen LogP contribution in [-0.4, -0.2) is 10.4 Å². The molecule has 90 valence electrons. The third kappa shape index (κ3) is 6.19. The number of rotatable bonds is 4. The molecular formula is C8H8Cl4NO2P. The number of hydrogen-bond donors (Lipinski definition) is 1. The standard InChI is InChI=1S/C8H8Cl4NO2P/c9-8(10,11)6-15-16(12,14)13-7-4-2-1-3-5-7/h1-5H,6H2,(H,13,14). The van der Waals surface area contributed by atoms with E-state index in [1.54, 1.807) is 24.3 Å². The second-order valence-corrected chi connectivity index (χ2v) is 8.14. The molecule has 0 saturated heterocycles. The summed E-state index contributed by atoms with van der Waals surface area (Å²) < 4.78 is 14.8. The molecule has 0 bridgehead atoms. The van der Waals surface area contributed by atoms with Crippen molar-refractivity contribution in [3.63, 3.8) is 0 Å². The van der Waals surface area contributed by atoms with Gasteiger partial charge >= 0.3 is 6.87 Å². The summed E-state index contributed by atoms with van der Waals surface area (Å²) in [6.07, 6.45) is 0. The van der Waals surface area contributed by atoms with E-state index in [0.717, 1.165) is 0 Å². The Morgan fingerprint density at radius 2 is 1.81 bits per heavy atom. The third-order valence-electron chi connectivity index (χ3n) is 1.43. The van der Waals surface area contributed by atoms with E-state index in [9.17, 15) is 4.57 Å². The summed E-state index contributed by atoms with van der Waals surface area (Å²) in [6, 6.07) is 8.70. The first-order valence-corrected chi connectivity index (χ1v) is 7.79. The lowest BCUT2D eigenvalue weighted by Gasteiger charge is -2.16. The summed E-state index contributed by atoms with van der Waals surface area (Å²) in [5.41, 5.74) is 0.560. The summed E-state index contributed by atoms with van der Waals surface area (Å²) in [7, 11) is 0. The lowest BCUT2D eigenvalue weighted by Crippen LogP contribution is -2.12. The van der Waals surface area contributed by atoms with Crippen molar-refractivity contribution >= 4 is 58.6 Å². The molecule has 16 heavy (non-hydrogen) atoms. The molecule has 0 aliphatic heterocycles. The minimum absolute atomic E-state index is 0.363. The highest BCUT2D eigenvalue weighted by Gasteiger charge is 2.27. The number of alkyl halides is 3. The molecular weight excluding hydrogens is 315 g/mol. The van der Waals surface area contributed by atoms with E-state index in [1.807, 2.05) is 6.07 Å². The van der Waals surface area contributed by atoms with Gasteiger partial charge in [0.25, 0.3) is 0 Å². The van der Waals surface area contributed by atoms with E-state index >= 15 is 0 Å². The van der Waals surface area contributed by atoms with E-state index in [4.69, 9.17) is 50.6 Å². The van der Waals surface area contributed by atoms with Gasteiger partial charge in [0.05, 0.1) is 0 Å². The normalized spacial score (nSPS) is 15.5. The van der Waals surface area contributed by atoms with Gasteiger partial charge in [-0.2, -0.15) is 0 Å². The fourth-order valence-corrected chi connectivity index (χ4v) is 2.57. The van der Waals surface area contributed by atoms with Crippen molar-refractivity contribution in [3.05, 3.63) is 30.3 Å². The van der Waals surface area contributed by atoms with Crippen LogP contribution in [0.5, 0.6) is 0 Å². The summed E-state index contributed by atoms with van der Waals surface area (Å²) in [4.78, 5) is 0. The van der Waals surface area contributed by atoms with Crippen LogP contribution in [0.2, 0.25) is 0 Å². The highest BCUT2D eigenvalue weighted by Crippen LogP contribution is 2.53. The van der Waals surface area contributed by atoms with Crippen LogP contribution in [0.25, 0.3) is 0 Å². The number of anilines is 1. The first-order valence-electron chi connectivity index (χ1n) is 4.13. The molecule has 3 nitrogen and oxygen atoms in total. The third-order valence-corrected chi connectivity index (χ3v) is 3.29. The van der Waals surface area contributed by atoms with Gasteiger partial charge < -0.3 is 5.09 Å².